The highest BCUT2D eigenvalue weighted by Crippen LogP contribution is 2.44. The van der Waals surface area contributed by atoms with E-state index in [1.807, 2.05) is 0 Å². The molecule has 0 bridgehead atoms. The van der Waals surface area contributed by atoms with E-state index in [9.17, 15) is 17.1 Å². The Balaban J connectivity index is 2.18. The molecular weight excluding hydrogens is 239 g/mol. The predicted molar refractivity (Wildman–Crippen MR) is 51.9 cm³/mol. The molecule has 0 aliphatic carbocycles. The zero-order valence-electron chi connectivity index (χ0n) is 8.65. The fourth-order valence-corrected chi connectivity index (χ4v) is 3.18. The van der Waals surface area contributed by atoms with E-state index in [0.29, 0.717) is 26.1 Å². The van der Waals surface area contributed by atoms with Crippen LogP contribution in [0.15, 0.2) is 0 Å². The molecule has 5 nitrogen and oxygen atoms in total. The third-order valence-corrected chi connectivity index (χ3v) is 3.99. The summed E-state index contributed by atoms with van der Waals surface area (Å²) in [4.78, 5) is 11.2. The second-order valence-electron chi connectivity index (χ2n) is 4.34. The number of carbonyl (C=O) groups excluding carboxylic acids is 1. The summed E-state index contributed by atoms with van der Waals surface area (Å²) in [7, 11) is -4.62. The highest BCUT2D eigenvalue weighted by atomic mass is 32.3. The molecule has 0 saturated carbocycles. The van der Waals surface area contributed by atoms with E-state index in [1.165, 1.54) is 0 Å². The molecule has 16 heavy (non-hydrogen) atoms. The lowest BCUT2D eigenvalue weighted by atomic mass is 9.75. The maximum absolute atomic E-state index is 12.7. The Morgan fingerprint density at radius 2 is 2.00 bits per heavy atom. The van der Waals surface area contributed by atoms with E-state index in [0.717, 1.165) is 0 Å². The lowest BCUT2D eigenvalue weighted by Crippen LogP contribution is -2.40. The minimum absolute atomic E-state index is 0.163. The van der Waals surface area contributed by atoms with Gasteiger partial charge in [-0.15, -0.1) is 3.89 Å². The van der Waals surface area contributed by atoms with Gasteiger partial charge in [0.2, 0.25) is 0 Å². The summed E-state index contributed by atoms with van der Waals surface area (Å²) in [6.45, 7) is 0.916. The topological polar surface area (TPSA) is 69.7 Å². The highest BCUT2D eigenvalue weighted by Gasteiger charge is 2.51. The molecule has 2 fully saturated rings. The van der Waals surface area contributed by atoms with Crippen molar-refractivity contribution in [2.75, 3.05) is 19.0 Å². The first-order valence-electron chi connectivity index (χ1n) is 5.11. The van der Waals surface area contributed by atoms with Gasteiger partial charge < -0.3 is 9.47 Å². The van der Waals surface area contributed by atoms with E-state index in [2.05, 4.69) is 0 Å². The van der Waals surface area contributed by atoms with Gasteiger partial charge in [0, 0.05) is 18.6 Å². The van der Waals surface area contributed by atoms with Crippen molar-refractivity contribution in [2.45, 2.75) is 25.4 Å². The van der Waals surface area contributed by atoms with Gasteiger partial charge in [0.1, 0.15) is 11.9 Å². The summed E-state index contributed by atoms with van der Waals surface area (Å²) < 4.78 is 44.0. The van der Waals surface area contributed by atoms with E-state index in [4.69, 9.17) is 9.47 Å². The van der Waals surface area contributed by atoms with E-state index >= 15 is 0 Å². The molecule has 1 unspecified atom stereocenters. The zero-order valence-corrected chi connectivity index (χ0v) is 9.46. The van der Waals surface area contributed by atoms with Gasteiger partial charge in [-0.3, -0.25) is 4.79 Å². The molecule has 2 rings (SSSR count). The molecule has 2 aliphatic rings. The molecule has 0 aromatic rings. The Bertz CT molecular complexity index is 385. The average Bonchev–Trinajstić information content (AvgIpc) is 2.41. The van der Waals surface area contributed by atoms with Crippen LogP contribution in [-0.2, 0) is 24.5 Å². The summed E-state index contributed by atoms with van der Waals surface area (Å²) in [6.07, 6.45) is 0.382. The Kier molecular flexibility index (Phi) is 2.91. The normalized spacial score (nSPS) is 29.3. The number of ether oxygens (including phenoxy) is 2. The molecule has 1 atom stereocenters. The van der Waals surface area contributed by atoms with E-state index in [1.54, 1.807) is 0 Å². The van der Waals surface area contributed by atoms with Crippen LogP contribution in [0.25, 0.3) is 0 Å². The highest BCUT2D eigenvalue weighted by molar-refractivity contribution is 7.86. The molecule has 0 N–H and O–H groups in total. The first-order valence-corrected chi connectivity index (χ1v) is 6.66. The summed E-state index contributed by atoms with van der Waals surface area (Å²) in [6, 6.07) is 0. The molecule has 2 aliphatic heterocycles. The van der Waals surface area contributed by atoms with Crippen LogP contribution in [-0.4, -0.2) is 39.5 Å². The third kappa shape index (κ3) is 2.35. The minimum atomic E-state index is -4.62. The molecule has 7 heteroatoms. The van der Waals surface area contributed by atoms with Gasteiger partial charge >= 0.3 is 16.2 Å². The van der Waals surface area contributed by atoms with Gasteiger partial charge in [-0.2, -0.15) is 8.42 Å². The van der Waals surface area contributed by atoms with Crippen molar-refractivity contribution < 1.29 is 26.6 Å². The van der Waals surface area contributed by atoms with Gasteiger partial charge in [-0.1, -0.05) is 0 Å². The second kappa shape index (κ2) is 3.96. The van der Waals surface area contributed by atoms with Gasteiger partial charge in [0.05, 0.1) is 6.42 Å². The first kappa shape index (κ1) is 11.8. The largest absolute Gasteiger partial charge is 0.461 e. The van der Waals surface area contributed by atoms with Crippen molar-refractivity contribution >= 4 is 16.2 Å². The second-order valence-corrected chi connectivity index (χ2v) is 5.75. The van der Waals surface area contributed by atoms with E-state index in [-0.39, 0.29) is 6.42 Å². The molecule has 0 aromatic heterocycles. The fourth-order valence-electron chi connectivity index (χ4n) is 2.39. The SMILES string of the molecule is O=C1CC2(CCOCC2)C(CS(=O)(=O)F)O1. The Hall–Kier alpha value is -0.690. The summed E-state index contributed by atoms with van der Waals surface area (Å²) >= 11 is 0. The standard InChI is InChI=1S/C9H13FO5S/c10-16(12,13)6-7-9(5-8(11)15-7)1-3-14-4-2-9/h7H,1-6H2. The first-order chi connectivity index (χ1) is 7.41. The molecule has 0 radical (unpaired) electrons. The fraction of sp³-hybridized carbons (Fsp3) is 0.889. The lowest BCUT2D eigenvalue weighted by molar-refractivity contribution is -0.141. The number of hydrogen-bond acceptors (Lipinski definition) is 5. The zero-order chi connectivity index (χ0) is 11.8. The van der Waals surface area contributed by atoms with Crippen LogP contribution in [0, 0.1) is 5.41 Å². The number of cyclic esters (lactones) is 1. The van der Waals surface area contributed by atoms with Crippen LogP contribution in [0.1, 0.15) is 19.3 Å². The van der Waals surface area contributed by atoms with Gasteiger partial charge in [0.25, 0.3) is 0 Å². The molecular formula is C9H13FO5S. The molecule has 2 heterocycles. The van der Waals surface area contributed by atoms with Crippen LogP contribution in [0.2, 0.25) is 0 Å². The third-order valence-electron chi connectivity index (χ3n) is 3.29. The quantitative estimate of drug-likeness (QED) is 0.525. The number of rotatable bonds is 2. The van der Waals surface area contributed by atoms with Gasteiger partial charge in [-0.25, -0.2) is 0 Å². The number of esters is 1. The maximum atomic E-state index is 12.7. The van der Waals surface area contributed by atoms with Crippen LogP contribution < -0.4 is 0 Å². The van der Waals surface area contributed by atoms with E-state index < -0.39 is 33.5 Å². The monoisotopic (exact) mass is 252 g/mol. The smallest absolute Gasteiger partial charge is 0.306 e. The summed E-state index contributed by atoms with van der Waals surface area (Å²) in [5, 5.41) is 0. The van der Waals surface area contributed by atoms with Crippen molar-refractivity contribution in [3.05, 3.63) is 0 Å². The molecule has 1 spiro atoms. The van der Waals surface area contributed by atoms with Crippen molar-refractivity contribution in [1.29, 1.82) is 0 Å². The lowest BCUT2D eigenvalue weighted by Gasteiger charge is -2.35. The number of hydrogen-bond donors (Lipinski definition) is 0. The summed E-state index contributed by atoms with van der Waals surface area (Å²) in [5.41, 5.74) is -0.547. The van der Waals surface area contributed by atoms with Crippen LogP contribution in [0.4, 0.5) is 3.89 Å². The summed E-state index contributed by atoms with van der Waals surface area (Å²) in [5.74, 6) is -1.19. The van der Waals surface area contributed by atoms with Crippen molar-refractivity contribution in [3.8, 4) is 0 Å². The Labute approximate surface area is 93.1 Å². The van der Waals surface area contributed by atoms with Crippen LogP contribution in [0.5, 0.6) is 0 Å². The maximum Gasteiger partial charge on any atom is 0.306 e. The number of halogens is 1. The average molecular weight is 252 g/mol. The number of carbonyl (C=O) groups is 1. The van der Waals surface area contributed by atoms with Crippen molar-refractivity contribution in [2.24, 2.45) is 5.41 Å². The van der Waals surface area contributed by atoms with Crippen LogP contribution in [0.3, 0.4) is 0 Å². The Morgan fingerprint density at radius 3 is 2.56 bits per heavy atom. The van der Waals surface area contributed by atoms with Gasteiger partial charge in [-0.05, 0) is 12.8 Å². The molecule has 2 saturated heterocycles. The molecule has 92 valence electrons. The van der Waals surface area contributed by atoms with Crippen molar-refractivity contribution in [3.63, 3.8) is 0 Å². The van der Waals surface area contributed by atoms with Gasteiger partial charge in [0.15, 0.2) is 0 Å². The van der Waals surface area contributed by atoms with Crippen LogP contribution >= 0.6 is 0 Å². The van der Waals surface area contributed by atoms with Crippen molar-refractivity contribution in [1.82, 2.24) is 0 Å². The Morgan fingerprint density at radius 1 is 1.38 bits per heavy atom. The molecule has 0 amide bonds. The minimum Gasteiger partial charge on any atom is -0.461 e. The predicted octanol–water partition coefficient (Wildman–Crippen LogP) is 0.398. The molecule has 0 aromatic carbocycles.